The zero-order valence-corrected chi connectivity index (χ0v) is 16.6. The van der Waals surface area contributed by atoms with Crippen molar-refractivity contribution in [3.05, 3.63) is 65.9 Å². The molecule has 30 heavy (non-hydrogen) atoms. The highest BCUT2D eigenvalue weighted by Gasteiger charge is 2.16. The number of rotatable bonds is 8. The predicted octanol–water partition coefficient (Wildman–Crippen LogP) is 2.59. The van der Waals surface area contributed by atoms with E-state index in [4.69, 9.17) is 13.9 Å². The summed E-state index contributed by atoms with van der Waals surface area (Å²) >= 11 is 0. The maximum absolute atomic E-state index is 12.1. The molecule has 0 radical (unpaired) electrons. The van der Waals surface area contributed by atoms with Crippen molar-refractivity contribution in [2.75, 3.05) is 20.3 Å². The molecule has 0 unspecified atom stereocenters. The summed E-state index contributed by atoms with van der Waals surface area (Å²) in [4.78, 5) is 35.9. The Kier molecular flexibility index (Phi) is 6.69. The molecular formula is C22H22N2O6. The third-order valence-electron chi connectivity index (χ3n) is 4.34. The standard InChI is InChI=1S/C22H22N2O6/c1-14(19-11-15-6-3-4-9-18(15)30-19)24-20(25)13-29-21(26)12-23-22(27)16-7-5-8-17(10-16)28-2/h3-11,14H,12-13H2,1-2H3,(H,23,27)(H,24,25)/t14-/m1/s1. The maximum Gasteiger partial charge on any atom is 0.325 e. The van der Waals surface area contributed by atoms with E-state index in [1.807, 2.05) is 30.3 Å². The fraction of sp³-hybridized carbons (Fsp3) is 0.227. The Bertz CT molecular complexity index is 1030. The Balaban J connectivity index is 1.42. The number of furan rings is 1. The minimum atomic E-state index is -0.724. The van der Waals surface area contributed by atoms with E-state index in [1.54, 1.807) is 31.2 Å². The first-order valence-electron chi connectivity index (χ1n) is 9.32. The molecule has 8 heteroatoms. The zero-order chi connectivity index (χ0) is 21.5. The highest BCUT2D eigenvalue weighted by molar-refractivity contribution is 5.96. The van der Waals surface area contributed by atoms with Gasteiger partial charge in [-0.05, 0) is 37.3 Å². The van der Waals surface area contributed by atoms with E-state index >= 15 is 0 Å². The Hall–Kier alpha value is -3.81. The van der Waals surface area contributed by atoms with Crippen molar-refractivity contribution in [2.45, 2.75) is 13.0 Å². The second-order valence-electron chi connectivity index (χ2n) is 6.55. The van der Waals surface area contributed by atoms with Crippen LogP contribution in [0.4, 0.5) is 0 Å². The third-order valence-corrected chi connectivity index (χ3v) is 4.34. The second kappa shape index (κ2) is 9.60. The molecule has 0 saturated heterocycles. The molecule has 3 aromatic rings. The molecule has 1 heterocycles. The molecule has 2 aromatic carbocycles. The van der Waals surface area contributed by atoms with Crippen molar-refractivity contribution in [1.29, 1.82) is 0 Å². The van der Waals surface area contributed by atoms with E-state index in [0.717, 1.165) is 11.0 Å². The van der Waals surface area contributed by atoms with Gasteiger partial charge in [-0.3, -0.25) is 14.4 Å². The third kappa shape index (κ3) is 5.38. The first-order valence-corrected chi connectivity index (χ1v) is 9.32. The lowest BCUT2D eigenvalue weighted by atomic mass is 10.2. The SMILES string of the molecule is COc1cccc(C(=O)NCC(=O)OCC(=O)N[C@H](C)c2cc3ccccc3o2)c1. The van der Waals surface area contributed by atoms with Gasteiger partial charge in [0.15, 0.2) is 6.61 Å². The van der Waals surface area contributed by atoms with Gasteiger partial charge in [0.25, 0.3) is 11.8 Å². The summed E-state index contributed by atoms with van der Waals surface area (Å²) < 4.78 is 15.7. The van der Waals surface area contributed by atoms with Crippen LogP contribution >= 0.6 is 0 Å². The van der Waals surface area contributed by atoms with Crippen molar-refractivity contribution in [2.24, 2.45) is 0 Å². The molecule has 0 bridgehead atoms. The topological polar surface area (TPSA) is 107 Å². The average molecular weight is 410 g/mol. The lowest BCUT2D eigenvalue weighted by molar-refractivity contribution is -0.147. The molecular weight excluding hydrogens is 388 g/mol. The fourth-order valence-electron chi connectivity index (χ4n) is 2.79. The highest BCUT2D eigenvalue weighted by atomic mass is 16.5. The van der Waals surface area contributed by atoms with Crippen LogP contribution in [0.5, 0.6) is 5.75 Å². The number of para-hydroxylation sites is 1. The number of methoxy groups -OCH3 is 1. The summed E-state index contributed by atoms with van der Waals surface area (Å²) in [6.07, 6.45) is 0. The van der Waals surface area contributed by atoms with Gasteiger partial charge in [0.2, 0.25) is 0 Å². The molecule has 0 aliphatic carbocycles. The number of carbonyl (C=O) groups is 3. The van der Waals surface area contributed by atoms with Crippen molar-refractivity contribution >= 4 is 28.8 Å². The molecule has 0 fully saturated rings. The van der Waals surface area contributed by atoms with Crippen molar-refractivity contribution in [1.82, 2.24) is 10.6 Å². The summed E-state index contributed by atoms with van der Waals surface area (Å²) in [5.74, 6) is -0.524. The molecule has 3 rings (SSSR count). The van der Waals surface area contributed by atoms with Crippen molar-refractivity contribution in [3.8, 4) is 5.75 Å². The fourth-order valence-corrected chi connectivity index (χ4v) is 2.79. The Morgan fingerprint density at radius 2 is 1.87 bits per heavy atom. The molecule has 2 amide bonds. The van der Waals surface area contributed by atoms with E-state index in [9.17, 15) is 14.4 Å². The van der Waals surface area contributed by atoms with Gasteiger partial charge >= 0.3 is 5.97 Å². The summed E-state index contributed by atoms with van der Waals surface area (Å²) in [5, 5.41) is 6.08. The number of hydrogen-bond donors (Lipinski definition) is 2. The molecule has 0 saturated carbocycles. The molecule has 1 atom stereocenters. The molecule has 0 aliphatic heterocycles. The van der Waals surface area contributed by atoms with Gasteiger partial charge in [-0.25, -0.2) is 0 Å². The van der Waals surface area contributed by atoms with E-state index in [1.165, 1.54) is 7.11 Å². The van der Waals surface area contributed by atoms with Crippen LogP contribution in [0.15, 0.2) is 59.0 Å². The van der Waals surface area contributed by atoms with E-state index in [-0.39, 0.29) is 6.54 Å². The van der Waals surface area contributed by atoms with Gasteiger partial charge in [-0.15, -0.1) is 0 Å². The van der Waals surface area contributed by atoms with Gasteiger partial charge in [0.05, 0.1) is 13.2 Å². The summed E-state index contributed by atoms with van der Waals surface area (Å²) in [6.45, 7) is 0.951. The molecule has 0 spiro atoms. The second-order valence-corrected chi connectivity index (χ2v) is 6.55. The van der Waals surface area contributed by atoms with Crippen LogP contribution in [0.25, 0.3) is 11.0 Å². The first-order chi connectivity index (χ1) is 14.5. The number of amides is 2. The lowest BCUT2D eigenvalue weighted by Gasteiger charge is -2.12. The van der Waals surface area contributed by atoms with E-state index < -0.39 is 30.4 Å². The summed E-state index contributed by atoms with van der Waals surface area (Å²) in [6, 6.07) is 15.5. The molecule has 0 aliphatic rings. The summed E-state index contributed by atoms with van der Waals surface area (Å²) in [5.41, 5.74) is 1.08. The Labute approximate surface area is 173 Å². The van der Waals surface area contributed by atoms with Crippen LogP contribution in [-0.2, 0) is 14.3 Å². The smallest absolute Gasteiger partial charge is 0.325 e. The van der Waals surface area contributed by atoms with E-state index in [0.29, 0.717) is 17.1 Å². The van der Waals surface area contributed by atoms with Gasteiger partial charge in [0, 0.05) is 10.9 Å². The Morgan fingerprint density at radius 1 is 1.07 bits per heavy atom. The predicted molar refractivity (Wildman–Crippen MR) is 109 cm³/mol. The molecule has 156 valence electrons. The molecule has 2 N–H and O–H groups in total. The number of hydrogen-bond acceptors (Lipinski definition) is 6. The highest BCUT2D eigenvalue weighted by Crippen LogP contribution is 2.23. The lowest BCUT2D eigenvalue weighted by Crippen LogP contribution is -2.34. The molecule has 1 aromatic heterocycles. The number of nitrogens with one attached hydrogen (secondary N) is 2. The van der Waals surface area contributed by atoms with E-state index in [2.05, 4.69) is 10.6 Å². The number of fused-ring (bicyclic) bond motifs is 1. The number of esters is 1. The normalized spacial score (nSPS) is 11.5. The minimum Gasteiger partial charge on any atom is -0.497 e. The van der Waals surface area contributed by atoms with Gasteiger partial charge in [-0.2, -0.15) is 0 Å². The molecule has 8 nitrogen and oxygen atoms in total. The van der Waals surface area contributed by atoms with Gasteiger partial charge in [0.1, 0.15) is 23.6 Å². The zero-order valence-electron chi connectivity index (χ0n) is 16.6. The van der Waals surface area contributed by atoms with Gasteiger partial charge in [-0.1, -0.05) is 24.3 Å². The van der Waals surface area contributed by atoms with Crippen LogP contribution in [-0.4, -0.2) is 38.0 Å². The van der Waals surface area contributed by atoms with Crippen LogP contribution in [0, 0.1) is 0 Å². The van der Waals surface area contributed by atoms with Crippen LogP contribution in [0.1, 0.15) is 29.1 Å². The van der Waals surface area contributed by atoms with Crippen molar-refractivity contribution in [3.63, 3.8) is 0 Å². The first kappa shape index (κ1) is 20.9. The van der Waals surface area contributed by atoms with Crippen molar-refractivity contribution < 1.29 is 28.3 Å². The van der Waals surface area contributed by atoms with Crippen LogP contribution in [0.3, 0.4) is 0 Å². The van der Waals surface area contributed by atoms with Crippen LogP contribution < -0.4 is 15.4 Å². The number of ether oxygens (including phenoxy) is 2. The van der Waals surface area contributed by atoms with Gasteiger partial charge < -0.3 is 24.5 Å². The summed E-state index contributed by atoms with van der Waals surface area (Å²) in [7, 11) is 1.49. The largest absolute Gasteiger partial charge is 0.497 e. The number of carbonyl (C=O) groups excluding carboxylic acids is 3. The monoisotopic (exact) mass is 410 g/mol. The maximum atomic E-state index is 12.1. The Morgan fingerprint density at radius 3 is 2.63 bits per heavy atom. The quantitative estimate of drug-likeness (QED) is 0.553. The number of benzene rings is 2. The minimum absolute atomic E-state index is 0.347. The average Bonchev–Trinajstić information content (AvgIpc) is 3.20. The van der Waals surface area contributed by atoms with Crippen LogP contribution in [0.2, 0.25) is 0 Å².